The standard InChI is InChI=1S/C13H15ClOS/c14-10-3-1-9(2-4-10)13-11-5-7-15-12(11)6-8-16-13/h1-4,11-13H,5-8H2/t11-,12+,13?/m1/s1. The highest BCUT2D eigenvalue weighted by atomic mass is 35.5. The Morgan fingerprint density at radius 2 is 2.00 bits per heavy atom. The molecule has 1 aromatic rings. The Labute approximate surface area is 106 Å². The van der Waals surface area contributed by atoms with E-state index in [0.29, 0.717) is 17.3 Å². The van der Waals surface area contributed by atoms with Crippen molar-refractivity contribution in [3.8, 4) is 0 Å². The summed E-state index contributed by atoms with van der Waals surface area (Å²) in [7, 11) is 0. The van der Waals surface area contributed by atoms with Crippen LogP contribution in [0.1, 0.15) is 23.7 Å². The molecule has 1 unspecified atom stereocenters. The zero-order chi connectivity index (χ0) is 11.0. The van der Waals surface area contributed by atoms with Gasteiger partial charge in [0.2, 0.25) is 0 Å². The monoisotopic (exact) mass is 254 g/mol. The lowest BCUT2D eigenvalue weighted by atomic mass is 9.91. The molecule has 0 saturated carbocycles. The Morgan fingerprint density at radius 1 is 1.19 bits per heavy atom. The second-order valence-corrected chi connectivity index (χ2v) is 6.18. The normalized spacial score (nSPS) is 33.7. The van der Waals surface area contributed by atoms with Crippen molar-refractivity contribution in [1.82, 2.24) is 0 Å². The predicted molar refractivity (Wildman–Crippen MR) is 69.1 cm³/mol. The summed E-state index contributed by atoms with van der Waals surface area (Å²) < 4.78 is 5.79. The summed E-state index contributed by atoms with van der Waals surface area (Å²) in [4.78, 5) is 0. The average Bonchev–Trinajstić information content (AvgIpc) is 2.78. The van der Waals surface area contributed by atoms with Crippen LogP contribution in [0.3, 0.4) is 0 Å². The van der Waals surface area contributed by atoms with E-state index in [1.165, 1.54) is 24.2 Å². The van der Waals surface area contributed by atoms with Crippen molar-refractivity contribution in [3.63, 3.8) is 0 Å². The van der Waals surface area contributed by atoms with Crippen molar-refractivity contribution in [3.05, 3.63) is 34.9 Å². The van der Waals surface area contributed by atoms with Gasteiger partial charge in [-0.25, -0.2) is 0 Å². The number of thioether (sulfide) groups is 1. The van der Waals surface area contributed by atoms with Crippen molar-refractivity contribution in [2.75, 3.05) is 12.4 Å². The Kier molecular flexibility index (Phi) is 3.14. The van der Waals surface area contributed by atoms with E-state index in [-0.39, 0.29) is 0 Å². The van der Waals surface area contributed by atoms with E-state index in [2.05, 4.69) is 23.9 Å². The van der Waals surface area contributed by atoms with E-state index < -0.39 is 0 Å². The summed E-state index contributed by atoms with van der Waals surface area (Å²) in [5, 5.41) is 1.43. The van der Waals surface area contributed by atoms with E-state index in [9.17, 15) is 0 Å². The topological polar surface area (TPSA) is 9.23 Å². The third-order valence-corrected chi connectivity index (χ3v) is 5.25. The van der Waals surface area contributed by atoms with E-state index in [1.807, 2.05) is 12.1 Å². The van der Waals surface area contributed by atoms with Gasteiger partial charge in [-0.05, 0) is 36.3 Å². The quantitative estimate of drug-likeness (QED) is 0.751. The molecule has 0 bridgehead atoms. The minimum absolute atomic E-state index is 0.502. The Hall–Kier alpha value is -0.180. The molecule has 0 radical (unpaired) electrons. The van der Waals surface area contributed by atoms with Gasteiger partial charge < -0.3 is 4.74 Å². The van der Waals surface area contributed by atoms with E-state index in [4.69, 9.17) is 16.3 Å². The highest BCUT2D eigenvalue weighted by molar-refractivity contribution is 7.99. The molecular weight excluding hydrogens is 240 g/mol. The fraction of sp³-hybridized carbons (Fsp3) is 0.538. The summed E-state index contributed by atoms with van der Waals surface area (Å²) in [6, 6.07) is 8.33. The minimum Gasteiger partial charge on any atom is -0.378 e. The van der Waals surface area contributed by atoms with E-state index >= 15 is 0 Å². The fourth-order valence-corrected chi connectivity index (χ4v) is 4.40. The van der Waals surface area contributed by atoms with Crippen LogP contribution in [0.25, 0.3) is 0 Å². The molecular formula is C13H15ClOS. The smallest absolute Gasteiger partial charge is 0.0625 e. The van der Waals surface area contributed by atoms with Gasteiger partial charge in [0, 0.05) is 22.8 Å². The van der Waals surface area contributed by atoms with Crippen LogP contribution in [-0.2, 0) is 4.74 Å². The van der Waals surface area contributed by atoms with Crippen molar-refractivity contribution in [1.29, 1.82) is 0 Å². The summed E-state index contributed by atoms with van der Waals surface area (Å²) in [6.07, 6.45) is 2.94. The molecule has 2 aliphatic rings. The first-order chi connectivity index (χ1) is 7.84. The maximum atomic E-state index is 5.93. The van der Waals surface area contributed by atoms with E-state index in [0.717, 1.165) is 11.6 Å². The number of hydrogen-bond donors (Lipinski definition) is 0. The predicted octanol–water partition coefficient (Wildman–Crippen LogP) is 3.92. The van der Waals surface area contributed by atoms with Crippen LogP contribution in [-0.4, -0.2) is 18.5 Å². The molecule has 0 aromatic heterocycles. The highest BCUT2D eigenvalue weighted by Gasteiger charge is 2.38. The molecule has 86 valence electrons. The van der Waals surface area contributed by atoms with Crippen LogP contribution < -0.4 is 0 Å². The van der Waals surface area contributed by atoms with E-state index in [1.54, 1.807) is 0 Å². The van der Waals surface area contributed by atoms with Gasteiger partial charge in [0.1, 0.15) is 0 Å². The molecule has 0 aliphatic carbocycles. The summed E-state index contributed by atoms with van der Waals surface area (Å²) in [5.74, 6) is 1.92. The SMILES string of the molecule is Clc1ccc(C2SCC[C@@H]3OCC[C@@H]23)cc1. The second-order valence-electron chi connectivity index (χ2n) is 4.49. The van der Waals surface area contributed by atoms with Gasteiger partial charge in [0.25, 0.3) is 0 Å². The Bertz CT molecular complexity index is 365. The lowest BCUT2D eigenvalue weighted by Gasteiger charge is -2.32. The molecule has 2 fully saturated rings. The van der Waals surface area contributed by atoms with Crippen LogP contribution in [0.15, 0.2) is 24.3 Å². The lowest BCUT2D eigenvalue weighted by molar-refractivity contribution is 0.0850. The van der Waals surface area contributed by atoms with Gasteiger partial charge >= 0.3 is 0 Å². The molecule has 0 amide bonds. The number of hydrogen-bond acceptors (Lipinski definition) is 2. The van der Waals surface area contributed by atoms with Crippen molar-refractivity contribution < 1.29 is 4.74 Å². The number of halogens is 1. The van der Waals surface area contributed by atoms with Crippen LogP contribution in [0.2, 0.25) is 5.02 Å². The summed E-state index contributed by atoms with van der Waals surface area (Å²) in [5.41, 5.74) is 1.41. The van der Waals surface area contributed by atoms with Gasteiger partial charge in [0.05, 0.1) is 6.10 Å². The molecule has 0 spiro atoms. The first-order valence-corrected chi connectivity index (χ1v) is 7.26. The Morgan fingerprint density at radius 3 is 2.81 bits per heavy atom. The maximum Gasteiger partial charge on any atom is 0.0625 e. The summed E-state index contributed by atoms with van der Waals surface area (Å²) >= 11 is 8.01. The maximum absolute atomic E-state index is 5.93. The second kappa shape index (κ2) is 4.59. The highest BCUT2D eigenvalue weighted by Crippen LogP contribution is 2.47. The van der Waals surface area contributed by atoms with Gasteiger partial charge in [-0.2, -0.15) is 11.8 Å². The molecule has 2 aliphatic heterocycles. The number of benzene rings is 1. The zero-order valence-electron chi connectivity index (χ0n) is 9.06. The van der Waals surface area contributed by atoms with Crippen LogP contribution >= 0.6 is 23.4 Å². The molecule has 2 saturated heterocycles. The first kappa shape index (κ1) is 10.9. The largest absolute Gasteiger partial charge is 0.378 e. The minimum atomic E-state index is 0.502. The third-order valence-electron chi connectivity index (χ3n) is 3.55. The summed E-state index contributed by atoms with van der Waals surface area (Å²) in [6.45, 7) is 0.944. The molecule has 3 atom stereocenters. The van der Waals surface area contributed by atoms with Crippen LogP contribution in [0.4, 0.5) is 0 Å². The Balaban J connectivity index is 1.85. The molecule has 3 heteroatoms. The number of ether oxygens (including phenoxy) is 1. The molecule has 1 nitrogen and oxygen atoms in total. The number of rotatable bonds is 1. The first-order valence-electron chi connectivity index (χ1n) is 5.83. The van der Waals surface area contributed by atoms with Gasteiger partial charge in [-0.15, -0.1) is 0 Å². The van der Waals surface area contributed by atoms with Gasteiger partial charge in [0.15, 0.2) is 0 Å². The fourth-order valence-electron chi connectivity index (χ4n) is 2.74. The number of fused-ring (bicyclic) bond motifs is 1. The third kappa shape index (κ3) is 1.99. The zero-order valence-corrected chi connectivity index (χ0v) is 10.6. The van der Waals surface area contributed by atoms with Crippen molar-refractivity contribution in [2.24, 2.45) is 5.92 Å². The average molecular weight is 255 g/mol. The van der Waals surface area contributed by atoms with Gasteiger partial charge in [-0.3, -0.25) is 0 Å². The van der Waals surface area contributed by atoms with Gasteiger partial charge in [-0.1, -0.05) is 23.7 Å². The molecule has 1 aromatic carbocycles. The van der Waals surface area contributed by atoms with Crippen molar-refractivity contribution in [2.45, 2.75) is 24.2 Å². The van der Waals surface area contributed by atoms with Crippen molar-refractivity contribution >= 4 is 23.4 Å². The lowest BCUT2D eigenvalue weighted by Crippen LogP contribution is -2.26. The van der Waals surface area contributed by atoms with Crippen LogP contribution in [0, 0.1) is 5.92 Å². The van der Waals surface area contributed by atoms with Crippen LogP contribution in [0.5, 0.6) is 0 Å². The molecule has 2 heterocycles. The molecule has 16 heavy (non-hydrogen) atoms. The molecule has 0 N–H and O–H groups in total. The molecule has 3 rings (SSSR count).